The number of benzene rings is 1. The molecule has 0 radical (unpaired) electrons. The van der Waals surface area contributed by atoms with Crippen molar-refractivity contribution in [2.75, 3.05) is 6.61 Å². The first kappa shape index (κ1) is 22.3. The fourth-order valence-corrected chi connectivity index (χ4v) is 5.20. The van der Waals surface area contributed by atoms with E-state index in [2.05, 4.69) is 23.8 Å². The monoisotopic (exact) mass is 415 g/mol. The molecule has 2 fully saturated rings. The highest BCUT2D eigenvalue weighted by Crippen LogP contribution is 2.39. The summed E-state index contributed by atoms with van der Waals surface area (Å²) in [5.74, 6) is 0.933. The van der Waals surface area contributed by atoms with E-state index < -0.39 is 12.1 Å². The van der Waals surface area contributed by atoms with Gasteiger partial charge in [-0.1, -0.05) is 37.3 Å². The van der Waals surface area contributed by atoms with E-state index in [1.807, 2.05) is 23.1 Å². The highest BCUT2D eigenvalue weighted by atomic mass is 16.7. The molecule has 1 saturated heterocycles. The molecule has 1 heterocycles. The van der Waals surface area contributed by atoms with Gasteiger partial charge in [-0.2, -0.15) is 0 Å². The lowest BCUT2D eigenvalue weighted by Gasteiger charge is -2.36. The van der Waals surface area contributed by atoms with Gasteiger partial charge in [0.05, 0.1) is 6.61 Å². The van der Waals surface area contributed by atoms with Crippen molar-refractivity contribution in [3.8, 4) is 0 Å². The molecule has 1 aliphatic carbocycles. The number of hydrogen-bond acceptors (Lipinski definition) is 5. The molecule has 1 aromatic rings. The Morgan fingerprint density at radius 3 is 2.57 bits per heavy atom. The van der Waals surface area contributed by atoms with E-state index >= 15 is 0 Å². The van der Waals surface area contributed by atoms with Crippen molar-refractivity contribution in [1.82, 2.24) is 4.90 Å². The quantitative estimate of drug-likeness (QED) is 0.476. The molecule has 0 aromatic heterocycles. The highest BCUT2D eigenvalue weighted by Gasteiger charge is 2.36. The first-order valence-corrected chi connectivity index (χ1v) is 11.1. The lowest BCUT2D eigenvalue weighted by molar-refractivity contribution is -0.141. The Morgan fingerprint density at radius 2 is 1.83 bits per heavy atom. The summed E-state index contributed by atoms with van der Waals surface area (Å²) in [6.45, 7) is 4.75. The summed E-state index contributed by atoms with van der Waals surface area (Å²) in [5.41, 5.74) is 1.16. The zero-order valence-electron chi connectivity index (χ0n) is 18.0. The van der Waals surface area contributed by atoms with E-state index in [9.17, 15) is 14.4 Å². The SMILES string of the molecule is CCOC(=O)OC(=O)C[C@@H]1C[C@H](C)C[C@H](C[C@@H]2CCC(=O)N2Cc2ccccc2)C1. The molecule has 6 nitrogen and oxygen atoms in total. The summed E-state index contributed by atoms with van der Waals surface area (Å²) in [6.07, 6.45) is 4.86. The first-order valence-electron chi connectivity index (χ1n) is 11.1. The standard InChI is InChI=1S/C24H33NO5/c1-3-29-24(28)30-23(27)15-20-12-17(2)11-19(13-20)14-21-9-10-22(26)25(21)16-18-7-5-4-6-8-18/h4-8,17,19-21H,3,9-16H2,1-2H3/t17-,19+,20-,21+/m1/s1. The van der Waals surface area contributed by atoms with Crippen LogP contribution < -0.4 is 0 Å². The average Bonchev–Trinajstić information content (AvgIpc) is 3.01. The number of amides is 1. The Morgan fingerprint density at radius 1 is 1.10 bits per heavy atom. The smallest absolute Gasteiger partial charge is 0.434 e. The molecule has 30 heavy (non-hydrogen) atoms. The summed E-state index contributed by atoms with van der Waals surface area (Å²) in [7, 11) is 0. The van der Waals surface area contributed by atoms with E-state index in [0.29, 0.717) is 24.8 Å². The fourth-order valence-electron chi connectivity index (χ4n) is 5.20. The number of rotatable bonds is 7. The predicted octanol–water partition coefficient (Wildman–Crippen LogP) is 4.71. The number of carbonyl (C=O) groups excluding carboxylic acids is 3. The Hall–Kier alpha value is -2.37. The third-order valence-electron chi connectivity index (χ3n) is 6.31. The van der Waals surface area contributed by atoms with Crippen LogP contribution in [-0.2, 0) is 25.6 Å². The first-order chi connectivity index (χ1) is 14.4. The van der Waals surface area contributed by atoms with E-state index in [0.717, 1.165) is 37.7 Å². The van der Waals surface area contributed by atoms with Gasteiger partial charge in [0.15, 0.2) is 0 Å². The summed E-state index contributed by atoms with van der Waals surface area (Å²) >= 11 is 0. The third kappa shape index (κ3) is 6.31. The fraction of sp³-hybridized carbons (Fsp3) is 0.625. The van der Waals surface area contributed by atoms with Crippen molar-refractivity contribution < 1.29 is 23.9 Å². The van der Waals surface area contributed by atoms with E-state index in [1.165, 1.54) is 0 Å². The van der Waals surface area contributed by atoms with Crippen LogP contribution >= 0.6 is 0 Å². The maximum absolute atomic E-state index is 12.5. The minimum atomic E-state index is -0.913. The zero-order valence-corrected chi connectivity index (χ0v) is 18.0. The number of nitrogens with zero attached hydrogens (tertiary/aromatic N) is 1. The Labute approximate surface area is 178 Å². The molecule has 4 atom stereocenters. The Bertz CT molecular complexity index is 734. The molecule has 0 spiro atoms. The number of esters is 1. The van der Waals surface area contributed by atoms with Gasteiger partial charge in [-0.05, 0) is 62.3 Å². The second-order valence-electron chi connectivity index (χ2n) is 8.84. The van der Waals surface area contributed by atoms with Crippen LogP contribution in [0.1, 0.15) is 64.4 Å². The van der Waals surface area contributed by atoms with Crippen molar-refractivity contribution >= 4 is 18.0 Å². The van der Waals surface area contributed by atoms with Gasteiger partial charge in [0.25, 0.3) is 0 Å². The van der Waals surface area contributed by atoms with Gasteiger partial charge in [0.2, 0.25) is 5.91 Å². The molecule has 1 aromatic carbocycles. The maximum Gasteiger partial charge on any atom is 0.516 e. The van der Waals surface area contributed by atoms with Gasteiger partial charge < -0.3 is 14.4 Å². The molecule has 0 unspecified atom stereocenters. The number of hydrogen-bond donors (Lipinski definition) is 0. The van der Waals surface area contributed by atoms with Crippen LogP contribution in [0, 0.1) is 17.8 Å². The summed E-state index contributed by atoms with van der Waals surface area (Å²) in [5, 5.41) is 0. The Balaban J connectivity index is 1.55. The second kappa shape index (κ2) is 10.6. The molecule has 3 rings (SSSR count). The average molecular weight is 416 g/mol. The van der Waals surface area contributed by atoms with Gasteiger partial charge in [-0.25, -0.2) is 4.79 Å². The van der Waals surface area contributed by atoms with Gasteiger partial charge in [0.1, 0.15) is 0 Å². The normalized spacial score (nSPS) is 26.5. The third-order valence-corrected chi connectivity index (χ3v) is 6.31. The minimum absolute atomic E-state index is 0.189. The highest BCUT2D eigenvalue weighted by molar-refractivity contribution is 5.81. The molecule has 2 aliphatic rings. The maximum atomic E-state index is 12.5. The molecule has 1 aliphatic heterocycles. The van der Waals surface area contributed by atoms with Gasteiger partial charge in [-0.3, -0.25) is 9.59 Å². The van der Waals surface area contributed by atoms with Crippen molar-refractivity contribution in [3.63, 3.8) is 0 Å². The minimum Gasteiger partial charge on any atom is -0.434 e. The second-order valence-corrected chi connectivity index (χ2v) is 8.84. The van der Waals surface area contributed by atoms with E-state index in [1.54, 1.807) is 6.92 Å². The molecule has 0 N–H and O–H groups in total. The Kier molecular flexibility index (Phi) is 7.88. The van der Waals surface area contributed by atoms with Crippen LogP contribution in [0.25, 0.3) is 0 Å². The molecule has 1 saturated carbocycles. The number of carbonyl (C=O) groups is 3. The van der Waals surface area contributed by atoms with Crippen LogP contribution in [0.3, 0.4) is 0 Å². The van der Waals surface area contributed by atoms with Gasteiger partial charge in [0, 0.05) is 25.4 Å². The lowest BCUT2D eigenvalue weighted by Crippen LogP contribution is -2.35. The molecular formula is C24H33NO5. The summed E-state index contributed by atoms with van der Waals surface area (Å²) < 4.78 is 9.43. The number of ether oxygens (including phenoxy) is 2. The van der Waals surface area contributed by atoms with Crippen LogP contribution in [0.4, 0.5) is 4.79 Å². The van der Waals surface area contributed by atoms with Crippen molar-refractivity contribution in [1.29, 1.82) is 0 Å². The predicted molar refractivity (Wildman–Crippen MR) is 112 cm³/mol. The molecule has 1 amide bonds. The van der Waals surface area contributed by atoms with Crippen molar-refractivity contribution in [3.05, 3.63) is 35.9 Å². The molecular weight excluding hydrogens is 382 g/mol. The topological polar surface area (TPSA) is 72.9 Å². The molecule has 164 valence electrons. The van der Waals surface area contributed by atoms with Gasteiger partial charge >= 0.3 is 12.1 Å². The van der Waals surface area contributed by atoms with Crippen molar-refractivity contribution in [2.45, 2.75) is 71.4 Å². The lowest BCUT2D eigenvalue weighted by atomic mass is 9.72. The summed E-state index contributed by atoms with van der Waals surface area (Å²) in [6, 6.07) is 10.4. The van der Waals surface area contributed by atoms with Crippen LogP contribution in [0.2, 0.25) is 0 Å². The number of likely N-dealkylation sites (tertiary alicyclic amines) is 1. The van der Waals surface area contributed by atoms with E-state index in [4.69, 9.17) is 4.74 Å². The zero-order chi connectivity index (χ0) is 21.5. The molecule has 6 heteroatoms. The van der Waals surface area contributed by atoms with Gasteiger partial charge in [-0.15, -0.1) is 0 Å². The molecule has 0 bridgehead atoms. The van der Waals surface area contributed by atoms with E-state index in [-0.39, 0.29) is 30.9 Å². The van der Waals surface area contributed by atoms with Crippen LogP contribution in [-0.4, -0.2) is 35.6 Å². The largest absolute Gasteiger partial charge is 0.516 e. The summed E-state index contributed by atoms with van der Waals surface area (Å²) in [4.78, 5) is 38.0. The van der Waals surface area contributed by atoms with Crippen LogP contribution in [0.15, 0.2) is 30.3 Å². The van der Waals surface area contributed by atoms with Crippen LogP contribution in [0.5, 0.6) is 0 Å². The van der Waals surface area contributed by atoms with Crippen molar-refractivity contribution in [2.24, 2.45) is 17.8 Å².